The molecule has 0 aliphatic rings. The molecule has 0 bridgehead atoms. The molecule has 0 atom stereocenters. The highest BCUT2D eigenvalue weighted by molar-refractivity contribution is 9.10. The number of anilines is 1. The maximum absolute atomic E-state index is 12.0. The van der Waals surface area contributed by atoms with Crippen molar-refractivity contribution in [3.8, 4) is 5.75 Å². The van der Waals surface area contributed by atoms with Crippen LogP contribution < -0.4 is 10.1 Å². The number of benzene rings is 2. The van der Waals surface area contributed by atoms with E-state index in [1.54, 1.807) is 7.11 Å². The second-order valence-electron chi connectivity index (χ2n) is 4.54. The zero-order valence-electron chi connectivity index (χ0n) is 11.4. The van der Waals surface area contributed by atoms with Gasteiger partial charge in [-0.2, -0.15) is 0 Å². The summed E-state index contributed by atoms with van der Waals surface area (Å²) in [5.74, 6) is 0.711. The Morgan fingerprint density at radius 2 is 2.05 bits per heavy atom. The van der Waals surface area contributed by atoms with E-state index in [0.29, 0.717) is 6.42 Å². The standard InChI is InChI=1S/C16H16BrNO2/c1-11-6-7-13(10-15(11)17)18-16(19)9-12-4-3-5-14(8-12)20-2/h3-8,10H,9H2,1-2H3,(H,18,19). The minimum Gasteiger partial charge on any atom is -0.497 e. The van der Waals surface area contributed by atoms with Crippen LogP contribution in [0, 0.1) is 6.92 Å². The van der Waals surface area contributed by atoms with Gasteiger partial charge in [0.15, 0.2) is 0 Å². The summed E-state index contributed by atoms with van der Waals surface area (Å²) >= 11 is 3.45. The molecular weight excluding hydrogens is 318 g/mol. The maximum Gasteiger partial charge on any atom is 0.228 e. The predicted octanol–water partition coefficient (Wildman–Crippen LogP) is 3.95. The van der Waals surface area contributed by atoms with Crippen molar-refractivity contribution in [2.24, 2.45) is 0 Å². The molecule has 0 spiro atoms. The quantitative estimate of drug-likeness (QED) is 0.919. The average molecular weight is 334 g/mol. The fourth-order valence-corrected chi connectivity index (χ4v) is 2.22. The number of halogens is 1. The van der Waals surface area contributed by atoms with E-state index in [1.807, 2.05) is 49.4 Å². The number of carbonyl (C=O) groups excluding carboxylic acids is 1. The molecular formula is C16H16BrNO2. The molecule has 0 fully saturated rings. The van der Waals surface area contributed by atoms with Crippen molar-refractivity contribution in [1.82, 2.24) is 0 Å². The summed E-state index contributed by atoms with van der Waals surface area (Å²) in [6.45, 7) is 2.01. The van der Waals surface area contributed by atoms with Crippen LogP contribution in [0.25, 0.3) is 0 Å². The first-order valence-corrected chi connectivity index (χ1v) is 7.06. The highest BCUT2D eigenvalue weighted by Gasteiger charge is 2.06. The molecule has 0 radical (unpaired) electrons. The third-order valence-corrected chi connectivity index (χ3v) is 3.81. The van der Waals surface area contributed by atoms with Gasteiger partial charge in [-0.25, -0.2) is 0 Å². The third-order valence-electron chi connectivity index (χ3n) is 2.95. The maximum atomic E-state index is 12.0. The summed E-state index contributed by atoms with van der Waals surface area (Å²) < 4.78 is 6.13. The first kappa shape index (κ1) is 14.6. The Morgan fingerprint density at radius 3 is 2.75 bits per heavy atom. The van der Waals surface area contributed by atoms with E-state index in [1.165, 1.54) is 0 Å². The normalized spacial score (nSPS) is 10.2. The summed E-state index contributed by atoms with van der Waals surface area (Å²) in [5.41, 5.74) is 2.85. The molecule has 4 heteroatoms. The number of carbonyl (C=O) groups is 1. The lowest BCUT2D eigenvalue weighted by atomic mass is 10.1. The van der Waals surface area contributed by atoms with Crippen LogP contribution in [0.15, 0.2) is 46.9 Å². The van der Waals surface area contributed by atoms with E-state index in [-0.39, 0.29) is 5.91 Å². The molecule has 2 rings (SSSR count). The van der Waals surface area contributed by atoms with Crippen LogP contribution in [0.4, 0.5) is 5.69 Å². The van der Waals surface area contributed by atoms with Gasteiger partial charge in [-0.3, -0.25) is 4.79 Å². The van der Waals surface area contributed by atoms with Gasteiger partial charge in [0.25, 0.3) is 0 Å². The van der Waals surface area contributed by atoms with E-state index < -0.39 is 0 Å². The molecule has 20 heavy (non-hydrogen) atoms. The summed E-state index contributed by atoms with van der Waals surface area (Å²) in [4.78, 5) is 12.0. The smallest absolute Gasteiger partial charge is 0.228 e. The SMILES string of the molecule is COc1cccc(CC(=O)Nc2ccc(C)c(Br)c2)c1. The molecule has 0 saturated heterocycles. The minimum absolute atomic E-state index is 0.0472. The van der Waals surface area contributed by atoms with Crippen LogP contribution in [0.3, 0.4) is 0 Å². The monoisotopic (exact) mass is 333 g/mol. The van der Waals surface area contributed by atoms with Crippen molar-refractivity contribution in [3.63, 3.8) is 0 Å². The van der Waals surface area contributed by atoms with Gasteiger partial charge < -0.3 is 10.1 Å². The third kappa shape index (κ3) is 3.84. The highest BCUT2D eigenvalue weighted by atomic mass is 79.9. The van der Waals surface area contributed by atoms with Crippen LogP contribution in [0.5, 0.6) is 5.75 Å². The molecule has 1 amide bonds. The minimum atomic E-state index is -0.0472. The molecule has 104 valence electrons. The first-order valence-electron chi connectivity index (χ1n) is 6.27. The first-order chi connectivity index (χ1) is 9.58. The van der Waals surface area contributed by atoms with Crippen LogP contribution in [0.2, 0.25) is 0 Å². The van der Waals surface area contributed by atoms with Crippen molar-refractivity contribution >= 4 is 27.5 Å². The van der Waals surface area contributed by atoms with Gasteiger partial charge in [0.1, 0.15) is 5.75 Å². The molecule has 0 unspecified atom stereocenters. The molecule has 0 aliphatic carbocycles. The lowest BCUT2D eigenvalue weighted by Crippen LogP contribution is -2.14. The van der Waals surface area contributed by atoms with Crippen LogP contribution in [-0.2, 0) is 11.2 Å². The van der Waals surface area contributed by atoms with E-state index in [0.717, 1.165) is 27.0 Å². The number of amides is 1. The second-order valence-corrected chi connectivity index (χ2v) is 5.39. The molecule has 0 aromatic heterocycles. The number of nitrogens with one attached hydrogen (secondary N) is 1. The molecule has 2 aromatic carbocycles. The number of rotatable bonds is 4. The summed E-state index contributed by atoms with van der Waals surface area (Å²) in [7, 11) is 1.61. The van der Waals surface area contributed by atoms with Crippen LogP contribution in [-0.4, -0.2) is 13.0 Å². The van der Waals surface area contributed by atoms with Gasteiger partial charge in [-0.05, 0) is 42.3 Å². The van der Waals surface area contributed by atoms with Gasteiger partial charge in [-0.1, -0.05) is 34.1 Å². The number of aryl methyl sites for hydroxylation is 1. The Bertz CT molecular complexity index is 626. The average Bonchev–Trinajstić information content (AvgIpc) is 2.43. The molecule has 1 N–H and O–H groups in total. The lowest BCUT2D eigenvalue weighted by Gasteiger charge is -2.08. The van der Waals surface area contributed by atoms with Crippen LogP contribution >= 0.6 is 15.9 Å². The molecule has 3 nitrogen and oxygen atoms in total. The predicted molar refractivity (Wildman–Crippen MR) is 84.2 cm³/mol. The largest absolute Gasteiger partial charge is 0.497 e. The zero-order chi connectivity index (χ0) is 14.5. The van der Waals surface area contributed by atoms with Gasteiger partial charge in [-0.15, -0.1) is 0 Å². The number of methoxy groups -OCH3 is 1. The lowest BCUT2D eigenvalue weighted by molar-refractivity contribution is -0.115. The molecule has 0 aliphatic heterocycles. The van der Waals surface area contributed by atoms with Crippen molar-refractivity contribution in [2.75, 3.05) is 12.4 Å². The second kappa shape index (κ2) is 6.57. The van der Waals surface area contributed by atoms with Gasteiger partial charge >= 0.3 is 0 Å². The van der Waals surface area contributed by atoms with Crippen molar-refractivity contribution in [2.45, 2.75) is 13.3 Å². The number of hydrogen-bond acceptors (Lipinski definition) is 2. The van der Waals surface area contributed by atoms with Crippen molar-refractivity contribution in [1.29, 1.82) is 0 Å². The Hall–Kier alpha value is -1.81. The zero-order valence-corrected chi connectivity index (χ0v) is 13.0. The van der Waals surface area contributed by atoms with Gasteiger partial charge in [0.2, 0.25) is 5.91 Å². The highest BCUT2D eigenvalue weighted by Crippen LogP contribution is 2.21. The van der Waals surface area contributed by atoms with Crippen LogP contribution in [0.1, 0.15) is 11.1 Å². The topological polar surface area (TPSA) is 38.3 Å². The molecule has 2 aromatic rings. The Balaban J connectivity index is 2.03. The summed E-state index contributed by atoms with van der Waals surface area (Å²) in [6.07, 6.45) is 0.322. The van der Waals surface area contributed by atoms with Gasteiger partial charge in [0.05, 0.1) is 13.5 Å². The molecule has 0 heterocycles. The fraction of sp³-hybridized carbons (Fsp3) is 0.188. The van der Waals surface area contributed by atoms with Crippen molar-refractivity contribution < 1.29 is 9.53 Å². The van der Waals surface area contributed by atoms with E-state index in [9.17, 15) is 4.79 Å². The fourth-order valence-electron chi connectivity index (χ4n) is 1.84. The summed E-state index contributed by atoms with van der Waals surface area (Å²) in [6, 6.07) is 13.3. The summed E-state index contributed by atoms with van der Waals surface area (Å²) in [5, 5.41) is 2.89. The van der Waals surface area contributed by atoms with Gasteiger partial charge in [0, 0.05) is 10.2 Å². The molecule has 0 saturated carbocycles. The number of hydrogen-bond donors (Lipinski definition) is 1. The van der Waals surface area contributed by atoms with E-state index >= 15 is 0 Å². The van der Waals surface area contributed by atoms with E-state index in [2.05, 4.69) is 21.2 Å². The Labute approximate surface area is 127 Å². The Kier molecular flexibility index (Phi) is 4.79. The Morgan fingerprint density at radius 1 is 1.25 bits per heavy atom. The van der Waals surface area contributed by atoms with E-state index in [4.69, 9.17) is 4.74 Å². The van der Waals surface area contributed by atoms with Crippen molar-refractivity contribution in [3.05, 3.63) is 58.1 Å². The number of ether oxygens (including phenoxy) is 1.